The Balaban J connectivity index is 2.39. The van der Waals surface area contributed by atoms with E-state index in [9.17, 15) is 9.90 Å². The summed E-state index contributed by atoms with van der Waals surface area (Å²) in [4.78, 5) is 10.9. The zero-order chi connectivity index (χ0) is 11.9. The van der Waals surface area contributed by atoms with Gasteiger partial charge in [-0.15, -0.1) is 0 Å². The first-order valence-electron chi connectivity index (χ1n) is 4.88. The van der Waals surface area contributed by atoms with E-state index in [-0.39, 0.29) is 11.7 Å². The molecule has 0 radical (unpaired) electrons. The van der Waals surface area contributed by atoms with Gasteiger partial charge in [0.1, 0.15) is 11.5 Å². The van der Waals surface area contributed by atoms with Gasteiger partial charge in [-0.1, -0.05) is 6.92 Å². The van der Waals surface area contributed by atoms with E-state index in [1.165, 1.54) is 6.07 Å². The molecule has 1 unspecified atom stereocenters. The van der Waals surface area contributed by atoms with Crippen molar-refractivity contribution in [2.45, 2.75) is 12.8 Å². The molecule has 0 amide bonds. The van der Waals surface area contributed by atoms with Crippen LogP contribution in [0.1, 0.15) is 18.4 Å². The van der Waals surface area contributed by atoms with Gasteiger partial charge >= 0.3 is 5.97 Å². The Labute approximate surface area is 101 Å². The van der Waals surface area contributed by atoms with Crippen LogP contribution in [0.15, 0.2) is 16.6 Å². The van der Waals surface area contributed by atoms with Crippen molar-refractivity contribution in [3.05, 3.63) is 22.2 Å². The van der Waals surface area contributed by atoms with Crippen molar-refractivity contribution in [1.82, 2.24) is 0 Å². The number of hydrogen-bond acceptors (Lipinski definition) is 3. The minimum atomic E-state index is -0.842. The second-order valence-electron chi connectivity index (χ2n) is 3.89. The van der Waals surface area contributed by atoms with Crippen LogP contribution in [0, 0.1) is 5.92 Å². The fourth-order valence-corrected chi connectivity index (χ4v) is 2.19. The first-order chi connectivity index (χ1) is 7.50. The van der Waals surface area contributed by atoms with Crippen LogP contribution in [0.4, 0.5) is 0 Å². The third-order valence-corrected chi connectivity index (χ3v) is 3.53. The van der Waals surface area contributed by atoms with Gasteiger partial charge in [-0.25, -0.2) is 0 Å². The largest absolute Gasteiger partial charge is 0.507 e. The van der Waals surface area contributed by atoms with Crippen LogP contribution < -0.4 is 4.74 Å². The summed E-state index contributed by atoms with van der Waals surface area (Å²) in [6.45, 7) is 2.00. The van der Waals surface area contributed by atoms with Gasteiger partial charge in [0.05, 0.1) is 17.0 Å². The Kier molecular flexibility index (Phi) is 2.80. The molecular formula is C11H11BrO4. The van der Waals surface area contributed by atoms with Crippen LogP contribution in [0.25, 0.3) is 0 Å². The average molecular weight is 287 g/mol. The summed E-state index contributed by atoms with van der Waals surface area (Å²) in [5.74, 6) is -0.839. The number of carboxylic acids is 1. The van der Waals surface area contributed by atoms with Gasteiger partial charge in [0.15, 0.2) is 0 Å². The summed E-state index contributed by atoms with van der Waals surface area (Å²) in [7, 11) is 0. The zero-order valence-corrected chi connectivity index (χ0v) is 10.2. The van der Waals surface area contributed by atoms with Crippen molar-refractivity contribution in [3.8, 4) is 11.5 Å². The van der Waals surface area contributed by atoms with Crippen LogP contribution in [0.2, 0.25) is 0 Å². The molecule has 0 aromatic heterocycles. The van der Waals surface area contributed by atoms with Gasteiger partial charge in [0.25, 0.3) is 0 Å². The van der Waals surface area contributed by atoms with E-state index in [1.54, 1.807) is 13.0 Å². The Bertz CT molecular complexity index is 444. The molecule has 4 nitrogen and oxygen atoms in total. The van der Waals surface area contributed by atoms with Crippen molar-refractivity contribution in [3.63, 3.8) is 0 Å². The van der Waals surface area contributed by atoms with Crippen LogP contribution in [0.5, 0.6) is 11.5 Å². The molecular weight excluding hydrogens is 276 g/mol. The summed E-state index contributed by atoms with van der Waals surface area (Å²) in [5.41, 5.74) is 0.833. The number of fused-ring (bicyclic) bond motifs is 1. The minimum absolute atomic E-state index is 0.0994. The lowest BCUT2D eigenvalue weighted by atomic mass is 9.89. The highest BCUT2D eigenvalue weighted by molar-refractivity contribution is 9.10. The fraction of sp³-hybridized carbons (Fsp3) is 0.364. The molecule has 86 valence electrons. The Morgan fingerprint density at radius 2 is 2.31 bits per heavy atom. The summed E-state index contributed by atoms with van der Waals surface area (Å²) in [6.07, 6.45) is 0. The van der Waals surface area contributed by atoms with Crippen molar-refractivity contribution in [2.24, 2.45) is 5.92 Å². The first-order valence-corrected chi connectivity index (χ1v) is 5.68. The first kappa shape index (κ1) is 11.3. The molecule has 0 aliphatic carbocycles. The van der Waals surface area contributed by atoms with Crippen LogP contribution in [0.3, 0.4) is 0 Å². The van der Waals surface area contributed by atoms with E-state index in [4.69, 9.17) is 9.84 Å². The molecule has 16 heavy (non-hydrogen) atoms. The highest BCUT2D eigenvalue weighted by atomic mass is 79.9. The Morgan fingerprint density at radius 1 is 1.62 bits per heavy atom. The molecule has 1 heterocycles. The van der Waals surface area contributed by atoms with E-state index in [2.05, 4.69) is 15.9 Å². The van der Waals surface area contributed by atoms with E-state index in [0.717, 1.165) is 5.56 Å². The van der Waals surface area contributed by atoms with Gasteiger partial charge in [0, 0.05) is 17.5 Å². The van der Waals surface area contributed by atoms with Gasteiger partial charge in [-0.3, -0.25) is 4.79 Å². The number of benzene rings is 1. The van der Waals surface area contributed by atoms with Gasteiger partial charge in [-0.2, -0.15) is 0 Å². The molecule has 0 saturated heterocycles. The van der Waals surface area contributed by atoms with E-state index in [0.29, 0.717) is 16.8 Å². The number of phenols is 1. The maximum atomic E-state index is 10.9. The number of carboxylic acid groups (broad SMARTS) is 1. The molecule has 2 N–H and O–H groups in total. The smallest absolute Gasteiger partial charge is 0.306 e. The molecule has 0 saturated carbocycles. The van der Waals surface area contributed by atoms with Crippen molar-refractivity contribution >= 4 is 21.9 Å². The molecule has 5 heteroatoms. The molecule has 1 aromatic rings. The lowest BCUT2D eigenvalue weighted by Gasteiger charge is -2.13. The number of carbonyl (C=O) groups is 1. The number of phenolic OH excluding ortho intramolecular Hbond substituents is 1. The number of halogens is 1. The predicted octanol–water partition coefficient (Wildman–Crippen LogP) is 2.35. The van der Waals surface area contributed by atoms with E-state index >= 15 is 0 Å². The third kappa shape index (κ3) is 1.75. The molecule has 0 fully saturated rings. The second-order valence-corrected chi connectivity index (χ2v) is 4.74. The summed E-state index contributed by atoms with van der Waals surface area (Å²) in [6, 6.07) is 3.23. The molecule has 2 rings (SSSR count). The number of ether oxygens (including phenoxy) is 1. The highest BCUT2D eigenvalue weighted by Crippen LogP contribution is 2.43. The van der Waals surface area contributed by atoms with Gasteiger partial charge < -0.3 is 14.9 Å². The normalized spacial score (nSPS) is 20.0. The summed E-state index contributed by atoms with van der Waals surface area (Å²) >= 11 is 3.21. The maximum absolute atomic E-state index is 10.9. The van der Waals surface area contributed by atoms with Gasteiger partial charge in [0.2, 0.25) is 0 Å². The lowest BCUT2D eigenvalue weighted by Crippen LogP contribution is -2.19. The number of hydrogen-bond donors (Lipinski definition) is 2. The summed E-state index contributed by atoms with van der Waals surface area (Å²) < 4.78 is 5.93. The molecule has 1 aliphatic heterocycles. The van der Waals surface area contributed by atoms with Crippen molar-refractivity contribution < 1.29 is 19.7 Å². The van der Waals surface area contributed by atoms with Crippen molar-refractivity contribution in [2.75, 3.05) is 6.61 Å². The minimum Gasteiger partial charge on any atom is -0.507 e. The second kappa shape index (κ2) is 3.97. The van der Waals surface area contributed by atoms with E-state index < -0.39 is 11.9 Å². The summed E-state index contributed by atoms with van der Waals surface area (Å²) in [5, 5.41) is 18.4. The highest BCUT2D eigenvalue weighted by Gasteiger charge is 2.33. The number of aromatic hydroxyl groups is 1. The Morgan fingerprint density at radius 3 is 2.94 bits per heavy atom. The number of aliphatic carboxylic acids is 1. The van der Waals surface area contributed by atoms with Gasteiger partial charge in [-0.05, 0) is 22.0 Å². The zero-order valence-electron chi connectivity index (χ0n) is 8.61. The maximum Gasteiger partial charge on any atom is 0.306 e. The molecule has 0 spiro atoms. The number of rotatable bonds is 2. The SMILES string of the molecule is CC(C(=O)O)[C@@H]1COc2cc(O)c(Br)cc21. The monoisotopic (exact) mass is 286 g/mol. The fourth-order valence-electron chi connectivity index (χ4n) is 1.83. The van der Waals surface area contributed by atoms with E-state index in [1.807, 2.05) is 0 Å². The predicted molar refractivity (Wildman–Crippen MR) is 60.8 cm³/mol. The standard InChI is InChI=1S/C11H11BrO4/c1-5(11(14)15)7-4-16-10-3-9(13)8(12)2-6(7)10/h2-3,5,7,13H,4H2,1H3,(H,14,15)/t5?,7-/m0/s1. The third-order valence-electron chi connectivity index (χ3n) is 2.89. The van der Waals surface area contributed by atoms with Crippen LogP contribution >= 0.6 is 15.9 Å². The quantitative estimate of drug-likeness (QED) is 0.876. The lowest BCUT2D eigenvalue weighted by molar-refractivity contribution is -0.142. The Hall–Kier alpha value is -1.23. The van der Waals surface area contributed by atoms with Crippen LogP contribution in [-0.2, 0) is 4.79 Å². The van der Waals surface area contributed by atoms with Crippen LogP contribution in [-0.4, -0.2) is 22.8 Å². The molecule has 1 aliphatic rings. The molecule has 0 bridgehead atoms. The molecule has 2 atom stereocenters. The average Bonchev–Trinajstić information content (AvgIpc) is 2.60. The topological polar surface area (TPSA) is 66.8 Å². The van der Waals surface area contributed by atoms with Crippen molar-refractivity contribution in [1.29, 1.82) is 0 Å². The molecule has 1 aromatic carbocycles.